The molecule has 186 valence electrons. The quantitative estimate of drug-likeness (QED) is 0.388. The number of hydrogen-bond acceptors (Lipinski definition) is 6. The van der Waals surface area contributed by atoms with E-state index in [1.807, 2.05) is 55.5 Å². The van der Waals surface area contributed by atoms with Gasteiger partial charge in [-0.1, -0.05) is 47.2 Å². The number of rotatable bonds is 9. The van der Waals surface area contributed by atoms with Gasteiger partial charge in [-0.3, -0.25) is 9.59 Å². The van der Waals surface area contributed by atoms with Crippen LogP contribution in [-0.4, -0.2) is 51.0 Å². The third-order valence-electron chi connectivity index (χ3n) is 6.41. The van der Waals surface area contributed by atoms with Gasteiger partial charge in [0.25, 0.3) is 0 Å². The zero-order chi connectivity index (χ0) is 24.9. The number of nitrogens with zero attached hydrogens (tertiary/aromatic N) is 4. The molecular formula is C27H29N5O4. The zero-order valence-electron chi connectivity index (χ0n) is 20.2. The second-order valence-electron chi connectivity index (χ2n) is 9.03. The van der Waals surface area contributed by atoms with E-state index in [0.29, 0.717) is 30.0 Å². The highest BCUT2D eigenvalue weighted by molar-refractivity contribution is 5.89. The summed E-state index contributed by atoms with van der Waals surface area (Å²) in [6.07, 6.45) is 3.44. The Morgan fingerprint density at radius 3 is 2.72 bits per heavy atom. The minimum atomic E-state index is -0.862. The first-order valence-corrected chi connectivity index (χ1v) is 12.1. The van der Waals surface area contributed by atoms with Crippen LogP contribution in [0.25, 0.3) is 11.0 Å². The largest absolute Gasteiger partial charge is 0.467 e. The number of carbonyl (C=O) groups excluding carboxylic acids is 2. The van der Waals surface area contributed by atoms with Crippen LogP contribution < -0.4 is 5.32 Å². The second-order valence-corrected chi connectivity index (χ2v) is 9.03. The molecule has 1 N–H and O–H groups in total. The highest BCUT2D eigenvalue weighted by atomic mass is 16.5. The number of aryl methyl sites for hydroxylation is 1. The van der Waals surface area contributed by atoms with Gasteiger partial charge in [-0.2, -0.15) is 0 Å². The van der Waals surface area contributed by atoms with Gasteiger partial charge in [0.05, 0.1) is 24.4 Å². The van der Waals surface area contributed by atoms with E-state index in [-0.39, 0.29) is 31.0 Å². The summed E-state index contributed by atoms with van der Waals surface area (Å²) in [4.78, 5) is 29.0. The van der Waals surface area contributed by atoms with Crippen LogP contribution in [0.1, 0.15) is 35.8 Å². The van der Waals surface area contributed by atoms with E-state index in [1.54, 1.807) is 28.0 Å². The van der Waals surface area contributed by atoms with Crippen molar-refractivity contribution >= 4 is 22.8 Å². The smallest absolute Gasteiger partial charge is 0.247 e. The summed E-state index contributed by atoms with van der Waals surface area (Å²) in [7, 11) is 0. The molecule has 36 heavy (non-hydrogen) atoms. The fourth-order valence-corrected chi connectivity index (χ4v) is 4.48. The Morgan fingerprint density at radius 1 is 1.14 bits per heavy atom. The lowest BCUT2D eigenvalue weighted by molar-refractivity contribution is -0.142. The summed E-state index contributed by atoms with van der Waals surface area (Å²) in [5.74, 6) is 0.0356. The Labute approximate surface area is 209 Å². The standard InChI is InChI=1S/C27H29N5O4/c1-19-10-12-20(13-11-19)26(27(34)28-16-21-6-4-14-35-21)31(17-22-7-5-15-36-22)25(33)18-32-24-9-3-2-8-23(24)29-30-32/h2-3,5,7-13,15,21,26H,4,6,14,16-18H2,1H3,(H,28,34)/t21-,26-/m0/s1. The molecule has 0 aliphatic carbocycles. The number of nitrogens with one attached hydrogen (secondary N) is 1. The molecule has 0 spiro atoms. The van der Waals surface area contributed by atoms with E-state index >= 15 is 0 Å². The minimum Gasteiger partial charge on any atom is -0.467 e. The van der Waals surface area contributed by atoms with E-state index in [9.17, 15) is 9.59 Å². The Balaban J connectivity index is 1.47. The van der Waals surface area contributed by atoms with Crippen molar-refractivity contribution in [2.45, 2.75) is 45.0 Å². The van der Waals surface area contributed by atoms with Crippen molar-refractivity contribution in [3.63, 3.8) is 0 Å². The van der Waals surface area contributed by atoms with E-state index in [1.165, 1.54) is 0 Å². The van der Waals surface area contributed by atoms with Crippen molar-refractivity contribution in [2.24, 2.45) is 0 Å². The van der Waals surface area contributed by atoms with Crippen molar-refractivity contribution < 1.29 is 18.7 Å². The number of carbonyl (C=O) groups is 2. The molecular weight excluding hydrogens is 458 g/mol. The third kappa shape index (κ3) is 5.31. The maximum Gasteiger partial charge on any atom is 0.247 e. The number of aromatic nitrogens is 3. The van der Waals surface area contributed by atoms with Crippen LogP contribution in [0.5, 0.6) is 0 Å². The first kappa shape index (κ1) is 23.7. The van der Waals surface area contributed by atoms with Crippen molar-refractivity contribution in [1.82, 2.24) is 25.2 Å². The molecule has 9 heteroatoms. The van der Waals surface area contributed by atoms with Gasteiger partial charge in [0.2, 0.25) is 11.8 Å². The molecule has 0 unspecified atom stereocenters. The molecule has 2 aromatic carbocycles. The second kappa shape index (κ2) is 10.7. The van der Waals surface area contributed by atoms with Gasteiger partial charge in [-0.15, -0.1) is 5.10 Å². The molecule has 0 bridgehead atoms. The molecule has 3 heterocycles. The average molecular weight is 488 g/mol. The SMILES string of the molecule is Cc1ccc([C@@H](C(=O)NC[C@@H]2CCCO2)N(Cc2ccco2)C(=O)Cn2nnc3ccccc32)cc1. The molecule has 2 amide bonds. The molecule has 4 aromatic rings. The van der Waals surface area contributed by atoms with Crippen LogP contribution in [0.2, 0.25) is 0 Å². The van der Waals surface area contributed by atoms with Crippen LogP contribution in [0.4, 0.5) is 0 Å². The third-order valence-corrected chi connectivity index (χ3v) is 6.41. The van der Waals surface area contributed by atoms with Crippen LogP contribution in [0, 0.1) is 6.92 Å². The molecule has 9 nitrogen and oxygen atoms in total. The number of furan rings is 1. The van der Waals surface area contributed by atoms with Gasteiger partial charge in [-0.25, -0.2) is 4.68 Å². The van der Waals surface area contributed by atoms with Crippen LogP contribution >= 0.6 is 0 Å². The molecule has 1 aliphatic heterocycles. The number of ether oxygens (including phenoxy) is 1. The highest BCUT2D eigenvalue weighted by Gasteiger charge is 2.33. The van der Waals surface area contributed by atoms with Gasteiger partial charge < -0.3 is 19.4 Å². The highest BCUT2D eigenvalue weighted by Crippen LogP contribution is 2.26. The summed E-state index contributed by atoms with van der Waals surface area (Å²) in [6, 6.07) is 17.8. The summed E-state index contributed by atoms with van der Waals surface area (Å²) in [5, 5.41) is 11.3. The van der Waals surface area contributed by atoms with E-state index in [4.69, 9.17) is 9.15 Å². The van der Waals surface area contributed by atoms with Crippen molar-refractivity contribution in [2.75, 3.05) is 13.2 Å². The monoisotopic (exact) mass is 487 g/mol. The predicted molar refractivity (Wildman–Crippen MR) is 133 cm³/mol. The molecule has 0 saturated carbocycles. The number of fused-ring (bicyclic) bond motifs is 1. The van der Waals surface area contributed by atoms with Crippen molar-refractivity contribution in [3.05, 3.63) is 83.8 Å². The molecule has 2 atom stereocenters. The normalized spacial score (nSPS) is 16.2. The molecule has 2 aromatic heterocycles. The fourth-order valence-electron chi connectivity index (χ4n) is 4.48. The maximum atomic E-state index is 13.8. The Morgan fingerprint density at radius 2 is 1.97 bits per heavy atom. The summed E-state index contributed by atoms with van der Waals surface area (Å²) >= 11 is 0. The van der Waals surface area contributed by atoms with Gasteiger partial charge >= 0.3 is 0 Å². The molecule has 5 rings (SSSR count). The van der Waals surface area contributed by atoms with Gasteiger partial charge in [0.15, 0.2) is 0 Å². The van der Waals surface area contributed by atoms with E-state index < -0.39 is 6.04 Å². The topological polar surface area (TPSA) is 102 Å². The van der Waals surface area contributed by atoms with Gasteiger partial charge in [0, 0.05) is 13.2 Å². The predicted octanol–water partition coefficient (Wildman–Crippen LogP) is 3.40. The minimum absolute atomic E-state index is 0.0108. The molecule has 1 saturated heterocycles. The van der Waals surface area contributed by atoms with Crippen molar-refractivity contribution in [3.8, 4) is 0 Å². The Hall–Kier alpha value is -3.98. The number of hydrogen-bond donors (Lipinski definition) is 1. The summed E-state index contributed by atoms with van der Waals surface area (Å²) < 4.78 is 12.8. The van der Waals surface area contributed by atoms with Gasteiger partial charge in [0.1, 0.15) is 23.9 Å². The number of para-hydroxylation sites is 1. The Bertz CT molecular complexity index is 1310. The lowest BCUT2D eigenvalue weighted by Crippen LogP contribution is -2.46. The number of benzene rings is 2. The summed E-state index contributed by atoms with van der Waals surface area (Å²) in [6.45, 7) is 3.15. The first-order valence-electron chi connectivity index (χ1n) is 12.1. The van der Waals surface area contributed by atoms with E-state index in [2.05, 4.69) is 15.6 Å². The summed E-state index contributed by atoms with van der Waals surface area (Å²) in [5.41, 5.74) is 3.23. The lowest BCUT2D eigenvalue weighted by Gasteiger charge is -2.31. The Kier molecular flexibility index (Phi) is 7.08. The average Bonchev–Trinajstić information content (AvgIpc) is 3.67. The van der Waals surface area contributed by atoms with Crippen LogP contribution in [0.15, 0.2) is 71.3 Å². The first-order chi connectivity index (χ1) is 17.6. The van der Waals surface area contributed by atoms with Crippen LogP contribution in [-0.2, 0) is 27.4 Å². The zero-order valence-corrected chi connectivity index (χ0v) is 20.2. The lowest BCUT2D eigenvalue weighted by atomic mass is 10.0. The van der Waals surface area contributed by atoms with Gasteiger partial charge in [-0.05, 0) is 49.6 Å². The molecule has 1 fully saturated rings. The van der Waals surface area contributed by atoms with E-state index in [0.717, 1.165) is 23.9 Å². The fraction of sp³-hybridized carbons (Fsp3) is 0.333. The maximum absolute atomic E-state index is 13.8. The number of amides is 2. The van der Waals surface area contributed by atoms with Crippen LogP contribution in [0.3, 0.4) is 0 Å². The molecule has 0 radical (unpaired) electrons. The molecule has 1 aliphatic rings. The van der Waals surface area contributed by atoms with Crippen molar-refractivity contribution in [1.29, 1.82) is 0 Å².